The predicted octanol–water partition coefficient (Wildman–Crippen LogP) is 4.95. The Labute approximate surface area is 134 Å². The van der Waals surface area contributed by atoms with Crippen LogP contribution >= 0.6 is 11.8 Å². The zero-order valence-corrected chi connectivity index (χ0v) is 15.4. The molecule has 0 aromatic heterocycles. The molecule has 0 aliphatic heterocycles. The van der Waals surface area contributed by atoms with Crippen molar-refractivity contribution in [3.63, 3.8) is 0 Å². The molecule has 0 unspecified atom stereocenters. The molecule has 0 bridgehead atoms. The monoisotopic (exact) mass is 306 g/mol. The molecule has 1 atom stereocenters. The second kappa shape index (κ2) is 7.35. The molecule has 0 aliphatic carbocycles. The molecule has 0 fully saturated rings. The highest BCUT2D eigenvalue weighted by molar-refractivity contribution is 8.13. The lowest BCUT2D eigenvalue weighted by atomic mass is 9.84. The van der Waals surface area contributed by atoms with Gasteiger partial charge >= 0.3 is 0 Å². The number of rotatable bonds is 4. The summed E-state index contributed by atoms with van der Waals surface area (Å²) < 4.78 is 0. The van der Waals surface area contributed by atoms with E-state index in [-0.39, 0.29) is 5.41 Å². The summed E-state index contributed by atoms with van der Waals surface area (Å²) in [5, 5.41) is 0.697. The number of thioether (sulfide) groups is 1. The molecule has 1 rings (SSSR count). The van der Waals surface area contributed by atoms with Crippen LogP contribution < -0.4 is 5.73 Å². The summed E-state index contributed by atoms with van der Waals surface area (Å²) >= 11 is 1.64. The Balaban J connectivity index is 2.89. The first-order valence-corrected chi connectivity index (χ1v) is 8.70. The van der Waals surface area contributed by atoms with Crippen molar-refractivity contribution >= 4 is 16.9 Å². The minimum absolute atomic E-state index is 0.193. The zero-order chi connectivity index (χ0) is 16.2. The molecule has 0 heterocycles. The number of hydrogen-bond donors (Lipinski definition) is 1. The summed E-state index contributed by atoms with van der Waals surface area (Å²) in [7, 11) is 0. The van der Waals surface area contributed by atoms with Crippen molar-refractivity contribution in [2.24, 2.45) is 10.7 Å². The van der Waals surface area contributed by atoms with Gasteiger partial charge in [-0.25, -0.2) is 0 Å². The average Bonchev–Trinajstić information content (AvgIpc) is 2.36. The maximum atomic E-state index is 6.01. The smallest absolute Gasteiger partial charge is 0.154 e. The van der Waals surface area contributed by atoms with E-state index in [4.69, 9.17) is 5.73 Å². The maximum Gasteiger partial charge on any atom is 0.154 e. The van der Waals surface area contributed by atoms with Crippen LogP contribution in [0, 0.1) is 13.8 Å². The topological polar surface area (TPSA) is 38.4 Å². The number of aliphatic imine (C=N–C) groups is 1. The highest BCUT2D eigenvalue weighted by atomic mass is 32.2. The third-order valence-electron chi connectivity index (χ3n) is 3.86. The third-order valence-corrected chi connectivity index (χ3v) is 4.70. The summed E-state index contributed by atoms with van der Waals surface area (Å²) in [6.45, 7) is 15.4. The van der Waals surface area contributed by atoms with Crippen molar-refractivity contribution in [2.75, 3.05) is 0 Å². The number of benzene rings is 1. The molecule has 0 radical (unpaired) electrons. The Bertz CT molecular complexity index is 489. The molecule has 1 aromatic carbocycles. The largest absolute Gasteiger partial charge is 0.379 e. The fourth-order valence-corrected chi connectivity index (χ4v) is 3.15. The molecule has 2 nitrogen and oxygen atoms in total. The first-order valence-electron chi connectivity index (χ1n) is 7.71. The van der Waals surface area contributed by atoms with Gasteiger partial charge in [-0.3, -0.25) is 4.99 Å². The van der Waals surface area contributed by atoms with E-state index in [1.54, 1.807) is 11.8 Å². The lowest BCUT2D eigenvalue weighted by Gasteiger charge is -2.22. The van der Waals surface area contributed by atoms with Crippen LogP contribution in [-0.2, 0) is 11.2 Å². The minimum atomic E-state index is 0.193. The predicted molar refractivity (Wildman–Crippen MR) is 97.3 cm³/mol. The highest BCUT2D eigenvalue weighted by Gasteiger charge is 2.16. The summed E-state index contributed by atoms with van der Waals surface area (Å²) in [6, 6.07) is 4.93. The van der Waals surface area contributed by atoms with Crippen molar-refractivity contribution in [3.05, 3.63) is 34.4 Å². The summed E-state index contributed by atoms with van der Waals surface area (Å²) in [5.74, 6) is 0.897. The van der Waals surface area contributed by atoms with Crippen LogP contribution in [0.5, 0.6) is 0 Å². The van der Waals surface area contributed by atoms with Gasteiger partial charge < -0.3 is 5.73 Å². The van der Waals surface area contributed by atoms with Crippen LogP contribution in [-0.4, -0.2) is 11.2 Å². The number of hydrogen-bond acceptors (Lipinski definition) is 2. The fraction of sp³-hybridized carbons (Fsp3) is 0.611. The van der Waals surface area contributed by atoms with E-state index in [1.807, 2.05) is 0 Å². The second-order valence-electron chi connectivity index (χ2n) is 6.85. The third kappa shape index (κ3) is 5.39. The molecule has 0 saturated heterocycles. The van der Waals surface area contributed by atoms with Crippen molar-refractivity contribution < 1.29 is 0 Å². The van der Waals surface area contributed by atoms with E-state index in [9.17, 15) is 0 Å². The van der Waals surface area contributed by atoms with Gasteiger partial charge in [0.15, 0.2) is 5.17 Å². The number of nitrogens with two attached hydrogens (primary N) is 1. The lowest BCUT2D eigenvalue weighted by Crippen LogP contribution is -2.13. The van der Waals surface area contributed by atoms with Gasteiger partial charge in [0, 0.05) is 11.8 Å². The summed E-state index contributed by atoms with van der Waals surface area (Å²) in [5.41, 5.74) is 11.7. The molecule has 1 aromatic rings. The molecular weight excluding hydrogens is 276 g/mol. The van der Waals surface area contributed by atoms with Crippen LogP contribution in [0.3, 0.4) is 0 Å². The van der Waals surface area contributed by atoms with Gasteiger partial charge in [0.05, 0.1) is 0 Å². The fourth-order valence-electron chi connectivity index (χ4n) is 2.15. The van der Waals surface area contributed by atoms with Crippen LogP contribution in [0.2, 0.25) is 0 Å². The van der Waals surface area contributed by atoms with Crippen molar-refractivity contribution in [2.45, 2.75) is 72.1 Å². The molecule has 0 spiro atoms. The maximum absolute atomic E-state index is 6.01. The lowest BCUT2D eigenvalue weighted by molar-refractivity contribution is 0.589. The van der Waals surface area contributed by atoms with Gasteiger partial charge in [0.2, 0.25) is 0 Å². The van der Waals surface area contributed by atoms with Gasteiger partial charge in [0.25, 0.3) is 0 Å². The standard InChI is InChI=1S/C18H30N2S/c1-8-14(4)20-17(19)21-11-16-12(2)9-15(10-13(16)3)18(5,6)7/h9-10,14H,8,11H2,1-7H3,(H2,19,20)/t14-/m1/s1. The first kappa shape index (κ1) is 18.1. The van der Waals surface area contributed by atoms with E-state index >= 15 is 0 Å². The summed E-state index contributed by atoms with van der Waals surface area (Å²) in [6.07, 6.45) is 1.03. The van der Waals surface area contributed by atoms with Gasteiger partial charge in [-0.2, -0.15) is 0 Å². The number of aryl methyl sites for hydroxylation is 2. The van der Waals surface area contributed by atoms with Crippen molar-refractivity contribution in [1.29, 1.82) is 0 Å². The quantitative estimate of drug-likeness (QED) is 0.631. The number of nitrogens with zero attached hydrogens (tertiary/aromatic N) is 1. The molecular formula is C18H30N2S. The average molecular weight is 307 g/mol. The molecule has 21 heavy (non-hydrogen) atoms. The molecule has 118 valence electrons. The Hall–Kier alpha value is -0.960. The molecule has 0 saturated carbocycles. The van der Waals surface area contributed by atoms with Gasteiger partial charge in [-0.05, 0) is 54.9 Å². The Morgan fingerprint density at radius 1 is 1.24 bits per heavy atom. The van der Waals surface area contributed by atoms with E-state index in [0.29, 0.717) is 11.2 Å². The van der Waals surface area contributed by atoms with E-state index < -0.39 is 0 Å². The Kier molecular flexibility index (Phi) is 6.33. The Morgan fingerprint density at radius 2 is 1.76 bits per heavy atom. The SMILES string of the molecule is CC[C@@H](C)N=C(N)SCc1c(C)cc(C(C)(C)C)cc1C. The van der Waals surface area contributed by atoms with E-state index in [2.05, 4.69) is 65.6 Å². The zero-order valence-electron chi connectivity index (χ0n) is 14.6. The van der Waals surface area contributed by atoms with Gasteiger partial charge in [-0.1, -0.05) is 51.6 Å². The van der Waals surface area contributed by atoms with Crippen molar-refractivity contribution in [3.8, 4) is 0 Å². The van der Waals surface area contributed by atoms with Gasteiger partial charge in [-0.15, -0.1) is 0 Å². The molecule has 0 aliphatic rings. The number of amidine groups is 1. The molecule has 3 heteroatoms. The molecule has 2 N–H and O–H groups in total. The molecule has 0 amide bonds. The van der Waals surface area contributed by atoms with Crippen LogP contribution in [0.1, 0.15) is 63.3 Å². The second-order valence-corrected chi connectivity index (χ2v) is 7.85. The van der Waals surface area contributed by atoms with Crippen LogP contribution in [0.15, 0.2) is 17.1 Å². The highest BCUT2D eigenvalue weighted by Crippen LogP contribution is 2.28. The Morgan fingerprint density at radius 3 is 2.19 bits per heavy atom. The van der Waals surface area contributed by atoms with Crippen LogP contribution in [0.25, 0.3) is 0 Å². The van der Waals surface area contributed by atoms with Crippen LogP contribution in [0.4, 0.5) is 0 Å². The van der Waals surface area contributed by atoms with E-state index in [1.165, 1.54) is 22.3 Å². The van der Waals surface area contributed by atoms with Crippen molar-refractivity contribution in [1.82, 2.24) is 0 Å². The summed E-state index contributed by atoms with van der Waals surface area (Å²) in [4.78, 5) is 4.48. The minimum Gasteiger partial charge on any atom is -0.379 e. The normalized spacial score (nSPS) is 14.3. The first-order chi connectivity index (χ1) is 9.65. The van der Waals surface area contributed by atoms with Gasteiger partial charge in [0.1, 0.15) is 0 Å². The van der Waals surface area contributed by atoms with E-state index in [0.717, 1.165) is 12.2 Å².